The van der Waals surface area contributed by atoms with Crippen molar-refractivity contribution in [1.82, 2.24) is 5.32 Å². The smallest absolute Gasteiger partial charge is 0.121 e. The van der Waals surface area contributed by atoms with Crippen molar-refractivity contribution in [3.63, 3.8) is 0 Å². The average molecular weight is 270 g/mol. The van der Waals surface area contributed by atoms with Crippen LogP contribution in [0.4, 0.5) is 0 Å². The van der Waals surface area contributed by atoms with Gasteiger partial charge in [-0.1, -0.05) is 28.4 Å². The van der Waals surface area contributed by atoms with E-state index in [1.165, 1.54) is 18.4 Å². The summed E-state index contributed by atoms with van der Waals surface area (Å²) in [7, 11) is 0. The molecule has 0 spiro atoms. The zero-order valence-corrected chi connectivity index (χ0v) is 10.5. The summed E-state index contributed by atoms with van der Waals surface area (Å²) in [6, 6.07) is 4.02. The molecule has 2 nitrogen and oxygen atoms in total. The predicted octanol–water partition coefficient (Wildman–Crippen LogP) is 3.28. The van der Waals surface area contributed by atoms with E-state index >= 15 is 0 Å². The molecular weight excluding hydrogens is 254 g/mol. The molecule has 0 amide bonds. The Hall–Kier alpha value is -0.540. The van der Waals surface area contributed by atoms with Crippen LogP contribution in [0.1, 0.15) is 36.4 Å². The van der Waals surface area contributed by atoms with Gasteiger partial charge in [-0.05, 0) is 37.9 Å². The summed E-state index contributed by atoms with van der Waals surface area (Å²) in [4.78, 5) is 0. The summed E-state index contributed by atoms with van der Waals surface area (Å²) < 4.78 is 1.04. The molecule has 2 rings (SSSR count). The summed E-state index contributed by atoms with van der Waals surface area (Å²) in [6.07, 6.45) is 3.58. The number of piperidine rings is 1. The Morgan fingerprint density at radius 2 is 2.20 bits per heavy atom. The Morgan fingerprint density at radius 3 is 2.87 bits per heavy atom. The Labute approximate surface area is 98.8 Å². The molecule has 0 aliphatic carbocycles. The van der Waals surface area contributed by atoms with Gasteiger partial charge in [-0.15, -0.1) is 0 Å². The first-order valence-corrected chi connectivity index (χ1v) is 6.21. The van der Waals surface area contributed by atoms with Crippen LogP contribution in [0.5, 0.6) is 5.75 Å². The molecule has 1 aliphatic rings. The van der Waals surface area contributed by atoms with Gasteiger partial charge in [-0.3, -0.25) is 0 Å². The van der Waals surface area contributed by atoms with Crippen LogP contribution in [0, 0.1) is 6.92 Å². The van der Waals surface area contributed by atoms with E-state index in [-0.39, 0.29) is 0 Å². The fourth-order valence-electron chi connectivity index (χ4n) is 2.12. The van der Waals surface area contributed by atoms with Gasteiger partial charge in [0.2, 0.25) is 0 Å². The van der Waals surface area contributed by atoms with E-state index in [1.807, 2.05) is 6.07 Å². The normalized spacial score (nSPS) is 21.6. The molecule has 1 fully saturated rings. The molecule has 1 aromatic carbocycles. The first-order valence-electron chi connectivity index (χ1n) is 5.41. The molecular formula is C12H16BrNO. The standard InChI is InChI=1S/C12H16BrNO/c1-8-5-6-10(15)11(12(8)13)9-4-2-3-7-14-9/h5-6,9,14-15H,2-4,7H2,1H3. The Kier molecular flexibility index (Phi) is 3.32. The van der Waals surface area contributed by atoms with Crippen molar-refractivity contribution < 1.29 is 5.11 Å². The summed E-state index contributed by atoms with van der Waals surface area (Å²) in [5, 5.41) is 13.4. The van der Waals surface area contributed by atoms with Crippen LogP contribution >= 0.6 is 15.9 Å². The molecule has 1 unspecified atom stereocenters. The van der Waals surface area contributed by atoms with Gasteiger partial charge in [-0.2, -0.15) is 0 Å². The number of benzene rings is 1. The summed E-state index contributed by atoms with van der Waals surface area (Å²) in [5.74, 6) is 0.395. The lowest BCUT2D eigenvalue weighted by Crippen LogP contribution is -2.27. The van der Waals surface area contributed by atoms with Crippen molar-refractivity contribution >= 4 is 15.9 Å². The third-order valence-corrected chi connectivity index (χ3v) is 4.06. The topological polar surface area (TPSA) is 32.3 Å². The summed E-state index contributed by atoms with van der Waals surface area (Å²) in [6.45, 7) is 3.10. The fourth-order valence-corrected chi connectivity index (χ4v) is 2.73. The molecule has 1 heterocycles. The molecule has 82 valence electrons. The van der Waals surface area contributed by atoms with Crippen LogP contribution in [0.25, 0.3) is 0 Å². The minimum Gasteiger partial charge on any atom is -0.508 e. The molecule has 1 aromatic rings. The molecule has 0 bridgehead atoms. The lowest BCUT2D eigenvalue weighted by molar-refractivity contribution is 0.389. The number of aryl methyl sites for hydroxylation is 1. The van der Waals surface area contributed by atoms with Crippen molar-refractivity contribution in [3.8, 4) is 5.75 Å². The molecule has 1 aliphatic heterocycles. The second kappa shape index (κ2) is 4.54. The highest BCUT2D eigenvalue weighted by molar-refractivity contribution is 9.10. The van der Waals surface area contributed by atoms with Crippen LogP contribution in [-0.4, -0.2) is 11.7 Å². The molecule has 3 heteroatoms. The lowest BCUT2D eigenvalue weighted by Gasteiger charge is -2.26. The van der Waals surface area contributed by atoms with E-state index in [1.54, 1.807) is 6.07 Å². The van der Waals surface area contributed by atoms with Crippen LogP contribution in [0.3, 0.4) is 0 Å². The van der Waals surface area contributed by atoms with Crippen LogP contribution < -0.4 is 5.32 Å². The van der Waals surface area contributed by atoms with Crippen LogP contribution in [0.15, 0.2) is 16.6 Å². The van der Waals surface area contributed by atoms with Crippen molar-refractivity contribution in [2.75, 3.05) is 6.54 Å². The van der Waals surface area contributed by atoms with Gasteiger partial charge in [0.05, 0.1) is 0 Å². The number of phenolic OH excluding ortho intramolecular Hbond substituents is 1. The molecule has 1 atom stereocenters. The molecule has 0 aromatic heterocycles. The first kappa shape index (κ1) is 11.0. The zero-order valence-electron chi connectivity index (χ0n) is 8.89. The quantitative estimate of drug-likeness (QED) is 0.820. The number of nitrogens with one attached hydrogen (secondary N) is 1. The van der Waals surface area contributed by atoms with Crippen molar-refractivity contribution in [3.05, 3.63) is 27.7 Å². The average Bonchev–Trinajstić information content (AvgIpc) is 2.26. The first-order chi connectivity index (χ1) is 7.20. The number of halogens is 1. The van der Waals surface area contributed by atoms with E-state index in [9.17, 15) is 5.11 Å². The van der Waals surface area contributed by atoms with E-state index in [0.717, 1.165) is 23.0 Å². The highest BCUT2D eigenvalue weighted by atomic mass is 79.9. The highest BCUT2D eigenvalue weighted by Gasteiger charge is 2.21. The molecule has 2 N–H and O–H groups in total. The lowest BCUT2D eigenvalue weighted by atomic mass is 9.95. The highest BCUT2D eigenvalue weighted by Crippen LogP contribution is 2.37. The maximum Gasteiger partial charge on any atom is 0.121 e. The van der Waals surface area contributed by atoms with E-state index in [0.29, 0.717) is 11.8 Å². The summed E-state index contributed by atoms with van der Waals surface area (Å²) in [5.41, 5.74) is 2.20. The Morgan fingerprint density at radius 1 is 1.40 bits per heavy atom. The van der Waals surface area contributed by atoms with Gasteiger partial charge in [0.15, 0.2) is 0 Å². The number of aromatic hydroxyl groups is 1. The summed E-state index contributed by atoms with van der Waals surface area (Å²) >= 11 is 3.57. The van der Waals surface area contributed by atoms with Crippen LogP contribution in [-0.2, 0) is 0 Å². The van der Waals surface area contributed by atoms with E-state index in [2.05, 4.69) is 28.2 Å². The van der Waals surface area contributed by atoms with Gasteiger partial charge in [0.25, 0.3) is 0 Å². The minimum atomic E-state index is 0.299. The largest absolute Gasteiger partial charge is 0.508 e. The number of hydrogen-bond acceptors (Lipinski definition) is 2. The minimum absolute atomic E-state index is 0.299. The number of phenols is 1. The third-order valence-electron chi connectivity index (χ3n) is 3.01. The maximum atomic E-state index is 9.90. The number of hydrogen-bond donors (Lipinski definition) is 2. The van der Waals surface area contributed by atoms with Crippen molar-refractivity contribution in [2.24, 2.45) is 0 Å². The third kappa shape index (κ3) is 2.18. The molecule has 1 saturated heterocycles. The predicted molar refractivity (Wildman–Crippen MR) is 65.1 cm³/mol. The SMILES string of the molecule is Cc1ccc(O)c(C2CCCCN2)c1Br. The Balaban J connectivity index is 2.36. The number of rotatable bonds is 1. The molecule has 0 radical (unpaired) electrons. The van der Waals surface area contributed by atoms with Gasteiger partial charge >= 0.3 is 0 Å². The van der Waals surface area contributed by atoms with Gasteiger partial charge in [0, 0.05) is 16.1 Å². The molecule has 15 heavy (non-hydrogen) atoms. The second-order valence-electron chi connectivity index (χ2n) is 4.13. The Bertz CT molecular complexity index is 359. The van der Waals surface area contributed by atoms with Crippen molar-refractivity contribution in [2.45, 2.75) is 32.2 Å². The van der Waals surface area contributed by atoms with Gasteiger partial charge in [0.1, 0.15) is 5.75 Å². The van der Waals surface area contributed by atoms with E-state index in [4.69, 9.17) is 0 Å². The van der Waals surface area contributed by atoms with E-state index < -0.39 is 0 Å². The molecule has 0 saturated carbocycles. The van der Waals surface area contributed by atoms with Crippen LogP contribution in [0.2, 0.25) is 0 Å². The monoisotopic (exact) mass is 269 g/mol. The second-order valence-corrected chi connectivity index (χ2v) is 4.92. The van der Waals surface area contributed by atoms with Gasteiger partial charge in [-0.25, -0.2) is 0 Å². The maximum absolute atomic E-state index is 9.90. The zero-order chi connectivity index (χ0) is 10.8. The van der Waals surface area contributed by atoms with Crippen molar-refractivity contribution in [1.29, 1.82) is 0 Å². The fraction of sp³-hybridized carbons (Fsp3) is 0.500. The van der Waals surface area contributed by atoms with Gasteiger partial charge < -0.3 is 10.4 Å².